The molecule has 418 valence electrons. The molecule has 0 aliphatic heterocycles. The molecule has 0 aromatic heterocycles. The first-order valence-corrected chi connectivity index (χ1v) is 32.5. The summed E-state index contributed by atoms with van der Waals surface area (Å²) in [5.41, 5.74) is 0. The molecule has 0 rings (SSSR count). The molecule has 1 amide bonds. The van der Waals surface area contributed by atoms with Gasteiger partial charge in [0, 0.05) is 6.42 Å². The summed E-state index contributed by atoms with van der Waals surface area (Å²) in [5.74, 6) is -0.148. The Morgan fingerprint density at radius 1 is 0.471 bits per heavy atom. The maximum Gasteiger partial charge on any atom is 0.472 e. The number of nitrogens with zero attached hydrogens (tertiary/aromatic N) is 1. The van der Waals surface area contributed by atoms with Crippen LogP contribution in [0.25, 0.3) is 0 Å². The van der Waals surface area contributed by atoms with Crippen LogP contribution in [0.5, 0.6) is 0 Å². The van der Waals surface area contributed by atoms with Crippen molar-refractivity contribution >= 4 is 13.7 Å². The Balaban J connectivity index is 3.97. The Kier molecular flexibility index (Phi) is 52.5. The lowest BCUT2D eigenvalue weighted by atomic mass is 10.0. The van der Waals surface area contributed by atoms with Crippen LogP contribution in [0.4, 0.5) is 0 Å². The van der Waals surface area contributed by atoms with E-state index in [9.17, 15) is 19.4 Å². The number of allylic oxidation sites excluding steroid dienone is 2. The third-order valence-corrected chi connectivity index (χ3v) is 15.5. The summed E-state index contributed by atoms with van der Waals surface area (Å²) >= 11 is 0. The van der Waals surface area contributed by atoms with Crippen molar-refractivity contribution in [1.82, 2.24) is 5.32 Å². The van der Waals surface area contributed by atoms with Crippen LogP contribution in [0.15, 0.2) is 12.2 Å². The van der Waals surface area contributed by atoms with E-state index in [1.165, 1.54) is 244 Å². The zero-order chi connectivity index (χ0) is 51.3. The smallest absolute Gasteiger partial charge is 0.391 e. The molecule has 8 nitrogen and oxygen atoms in total. The van der Waals surface area contributed by atoms with Crippen molar-refractivity contribution in [3.05, 3.63) is 12.2 Å². The highest BCUT2D eigenvalue weighted by molar-refractivity contribution is 7.47. The minimum absolute atomic E-state index is 0.0754. The van der Waals surface area contributed by atoms with Gasteiger partial charge in [0.15, 0.2) is 0 Å². The highest BCUT2D eigenvalue weighted by Gasteiger charge is 2.28. The number of carbonyl (C=O) groups excluding carboxylic acids is 1. The highest BCUT2D eigenvalue weighted by atomic mass is 31.2. The van der Waals surface area contributed by atoms with Crippen molar-refractivity contribution < 1.29 is 32.9 Å². The zero-order valence-corrected chi connectivity index (χ0v) is 48.7. The standard InChI is InChI=1S/C61H123N2O6P/c1-6-8-10-12-14-16-18-20-22-23-24-25-26-27-28-29-30-31-32-33-34-35-36-37-38-39-41-42-44-46-48-50-52-54-60(64)59(58-69-70(66,67)68-57-56-63(3,4)5)62-61(65)55-53-51-49-47-45-43-40-21-19-17-15-13-11-9-7-2/h21,40,59-60,64H,6-20,22-39,41-58H2,1-5H3,(H-,62,65,66,67)/p+1/b40-21-. The third-order valence-electron chi connectivity index (χ3n) is 14.5. The Hall–Kier alpha value is -0.760. The third kappa shape index (κ3) is 55.0. The van der Waals surface area contributed by atoms with Crippen molar-refractivity contribution in [2.45, 2.75) is 334 Å². The first-order chi connectivity index (χ1) is 34.0. The largest absolute Gasteiger partial charge is 0.472 e. The number of rotatable bonds is 58. The van der Waals surface area contributed by atoms with Gasteiger partial charge in [0.1, 0.15) is 13.2 Å². The van der Waals surface area contributed by atoms with Gasteiger partial charge >= 0.3 is 7.82 Å². The van der Waals surface area contributed by atoms with Gasteiger partial charge in [0.2, 0.25) is 5.91 Å². The van der Waals surface area contributed by atoms with Crippen LogP contribution >= 0.6 is 7.82 Å². The quantitative estimate of drug-likeness (QED) is 0.0243. The van der Waals surface area contributed by atoms with Gasteiger partial charge in [-0.2, -0.15) is 0 Å². The average Bonchev–Trinajstić information content (AvgIpc) is 3.32. The zero-order valence-electron chi connectivity index (χ0n) is 47.8. The molecule has 0 spiro atoms. The fraction of sp³-hybridized carbons (Fsp3) is 0.951. The number of phosphoric acid groups is 1. The average molecular weight is 1010 g/mol. The van der Waals surface area contributed by atoms with Gasteiger partial charge in [-0.25, -0.2) is 4.57 Å². The summed E-state index contributed by atoms with van der Waals surface area (Å²) in [7, 11) is 1.62. The summed E-state index contributed by atoms with van der Waals surface area (Å²) in [5, 5.41) is 14.1. The fourth-order valence-corrected chi connectivity index (χ4v) is 10.4. The Morgan fingerprint density at radius 2 is 0.771 bits per heavy atom. The van der Waals surface area contributed by atoms with Gasteiger partial charge in [-0.1, -0.05) is 289 Å². The first-order valence-electron chi connectivity index (χ1n) is 31.1. The summed E-state index contributed by atoms with van der Waals surface area (Å²) in [6.07, 6.45) is 65.8. The lowest BCUT2D eigenvalue weighted by Crippen LogP contribution is -2.46. The summed E-state index contributed by atoms with van der Waals surface area (Å²) in [4.78, 5) is 23.3. The van der Waals surface area contributed by atoms with Crippen molar-refractivity contribution in [2.24, 2.45) is 0 Å². The van der Waals surface area contributed by atoms with Crippen LogP contribution < -0.4 is 5.32 Å². The molecule has 0 bridgehead atoms. The van der Waals surface area contributed by atoms with E-state index in [4.69, 9.17) is 9.05 Å². The van der Waals surface area contributed by atoms with Gasteiger partial charge in [0.25, 0.3) is 0 Å². The van der Waals surface area contributed by atoms with Gasteiger partial charge in [0.05, 0.1) is 39.9 Å². The molecule has 0 radical (unpaired) electrons. The van der Waals surface area contributed by atoms with Crippen LogP contribution in [-0.2, 0) is 18.4 Å². The molecule has 70 heavy (non-hydrogen) atoms. The monoisotopic (exact) mass is 1010 g/mol. The SMILES string of the molecule is CCCCCCCC/C=C\CCCCCCCC(=O)NC(COP(=O)(O)OCC[N+](C)(C)C)C(O)CCCCCCCCCCCCCCCCCCCCCCCCCCCCCCCCCCC. The van der Waals surface area contributed by atoms with E-state index in [1.54, 1.807) is 0 Å². The van der Waals surface area contributed by atoms with Crippen molar-refractivity contribution in [1.29, 1.82) is 0 Å². The minimum atomic E-state index is -4.32. The van der Waals surface area contributed by atoms with Crippen LogP contribution in [-0.4, -0.2) is 73.4 Å². The summed E-state index contributed by atoms with van der Waals surface area (Å²) in [6, 6.07) is -0.763. The molecule has 0 aromatic carbocycles. The number of hydrogen-bond acceptors (Lipinski definition) is 5. The van der Waals surface area contributed by atoms with E-state index < -0.39 is 20.0 Å². The lowest BCUT2D eigenvalue weighted by Gasteiger charge is -2.26. The Morgan fingerprint density at radius 3 is 1.10 bits per heavy atom. The van der Waals surface area contributed by atoms with Crippen LogP contribution in [0.1, 0.15) is 322 Å². The topological polar surface area (TPSA) is 105 Å². The van der Waals surface area contributed by atoms with E-state index in [-0.39, 0.29) is 19.1 Å². The summed E-state index contributed by atoms with van der Waals surface area (Å²) < 4.78 is 23.8. The first kappa shape index (κ1) is 69.2. The Bertz CT molecular complexity index is 1150. The number of likely N-dealkylation sites (N-methyl/N-ethyl adjacent to an activating group) is 1. The second-order valence-corrected chi connectivity index (χ2v) is 24.2. The van der Waals surface area contributed by atoms with Gasteiger partial charge in [-0.15, -0.1) is 0 Å². The minimum Gasteiger partial charge on any atom is -0.391 e. The molecule has 3 unspecified atom stereocenters. The number of nitrogens with one attached hydrogen (secondary N) is 1. The summed E-state index contributed by atoms with van der Waals surface area (Å²) in [6.45, 7) is 4.92. The van der Waals surface area contributed by atoms with E-state index in [0.29, 0.717) is 23.9 Å². The Labute approximate surface area is 437 Å². The number of quaternary nitrogens is 1. The predicted molar refractivity (Wildman–Crippen MR) is 305 cm³/mol. The molecule has 0 saturated carbocycles. The second-order valence-electron chi connectivity index (χ2n) is 22.8. The number of amides is 1. The lowest BCUT2D eigenvalue weighted by molar-refractivity contribution is -0.870. The number of aliphatic hydroxyl groups is 1. The number of carbonyl (C=O) groups is 1. The fourth-order valence-electron chi connectivity index (χ4n) is 9.63. The van der Waals surface area contributed by atoms with Crippen LogP contribution in [0.2, 0.25) is 0 Å². The molecular formula is C61H124N2O6P+. The van der Waals surface area contributed by atoms with Gasteiger partial charge in [-0.3, -0.25) is 13.8 Å². The molecule has 0 heterocycles. The van der Waals surface area contributed by atoms with E-state index in [2.05, 4.69) is 31.3 Å². The van der Waals surface area contributed by atoms with Gasteiger partial charge in [-0.05, 0) is 38.5 Å². The predicted octanol–water partition coefficient (Wildman–Crippen LogP) is 19.0. The second kappa shape index (κ2) is 53.1. The normalized spacial score (nSPS) is 13.9. The van der Waals surface area contributed by atoms with E-state index >= 15 is 0 Å². The molecule has 9 heteroatoms. The molecule has 3 atom stereocenters. The van der Waals surface area contributed by atoms with Crippen molar-refractivity contribution in [3.8, 4) is 0 Å². The molecule has 0 aromatic rings. The number of unbranched alkanes of at least 4 members (excludes halogenated alkanes) is 43. The highest BCUT2D eigenvalue weighted by Crippen LogP contribution is 2.43. The molecular weight excluding hydrogens is 888 g/mol. The van der Waals surface area contributed by atoms with E-state index in [0.717, 1.165) is 51.4 Å². The molecule has 3 N–H and O–H groups in total. The number of hydrogen-bond donors (Lipinski definition) is 3. The molecule has 0 aliphatic rings. The van der Waals surface area contributed by atoms with Gasteiger partial charge < -0.3 is 19.8 Å². The number of aliphatic hydroxyl groups excluding tert-OH is 1. The molecule has 0 fully saturated rings. The molecule has 0 aliphatic carbocycles. The number of phosphoric ester groups is 1. The maximum atomic E-state index is 13.0. The maximum absolute atomic E-state index is 13.0. The van der Waals surface area contributed by atoms with Crippen LogP contribution in [0.3, 0.4) is 0 Å². The van der Waals surface area contributed by atoms with E-state index in [1.807, 2.05) is 21.1 Å². The van der Waals surface area contributed by atoms with Crippen LogP contribution in [0, 0.1) is 0 Å². The van der Waals surface area contributed by atoms with Crippen molar-refractivity contribution in [2.75, 3.05) is 40.9 Å². The molecule has 0 saturated heterocycles. The van der Waals surface area contributed by atoms with Crippen molar-refractivity contribution in [3.63, 3.8) is 0 Å².